The van der Waals surface area contributed by atoms with E-state index in [1.165, 1.54) is 16.7 Å². The van der Waals surface area contributed by atoms with Crippen LogP contribution in [-0.2, 0) is 16.1 Å². The molecule has 0 saturated heterocycles. The number of hydrogen-bond donors (Lipinski definition) is 2. The number of nitrogens with zero attached hydrogens (tertiary/aromatic N) is 2. The van der Waals surface area contributed by atoms with Crippen LogP contribution < -0.4 is 15.7 Å². The number of carbonyl (C=O) groups excluding carboxylic acids is 1. The molecule has 1 heterocycles. The van der Waals surface area contributed by atoms with Crippen LogP contribution in [0.25, 0.3) is 0 Å². The van der Waals surface area contributed by atoms with Crippen molar-refractivity contribution in [3.8, 4) is 5.75 Å². The monoisotopic (exact) mass is 406 g/mol. The van der Waals surface area contributed by atoms with Crippen LogP contribution in [0, 0.1) is 0 Å². The third-order valence-corrected chi connectivity index (χ3v) is 4.13. The summed E-state index contributed by atoms with van der Waals surface area (Å²) in [6.07, 6.45) is -4.16. The maximum absolute atomic E-state index is 12.1. The van der Waals surface area contributed by atoms with Crippen LogP contribution in [0.4, 0.5) is 18.9 Å². The molecule has 2 N–H and O–H groups in total. The Kier molecular flexibility index (Phi) is 7.30. The van der Waals surface area contributed by atoms with Crippen molar-refractivity contribution in [2.24, 2.45) is 0 Å². The van der Waals surface area contributed by atoms with Crippen LogP contribution in [-0.4, -0.2) is 46.5 Å². The van der Waals surface area contributed by atoms with Crippen LogP contribution >= 0.6 is 11.8 Å². The van der Waals surface area contributed by atoms with Crippen LogP contribution in [0.5, 0.6) is 5.75 Å². The molecule has 8 nitrogen and oxygen atoms in total. The Morgan fingerprint density at radius 3 is 2.67 bits per heavy atom. The zero-order valence-corrected chi connectivity index (χ0v) is 15.0. The fourth-order valence-electron chi connectivity index (χ4n) is 2.04. The van der Waals surface area contributed by atoms with Crippen molar-refractivity contribution < 1.29 is 27.4 Å². The molecule has 0 unspecified atom stereocenters. The molecule has 0 bridgehead atoms. The molecule has 0 spiro atoms. The predicted octanol–water partition coefficient (Wildman–Crippen LogP) is 2.24. The molecule has 148 valence electrons. The molecular weight excluding hydrogens is 389 g/mol. The van der Waals surface area contributed by atoms with Crippen molar-refractivity contribution >= 4 is 23.4 Å². The number of thioether (sulfide) groups is 1. The molecule has 0 aliphatic rings. The summed E-state index contributed by atoms with van der Waals surface area (Å²) in [5, 5.41) is 9.08. The highest BCUT2D eigenvalue weighted by Crippen LogP contribution is 2.24. The second-order valence-electron chi connectivity index (χ2n) is 5.22. The predicted molar refractivity (Wildman–Crippen MR) is 91.8 cm³/mol. The largest absolute Gasteiger partial charge is 0.573 e. The molecule has 2 aromatic rings. The van der Waals surface area contributed by atoms with Gasteiger partial charge in [-0.15, -0.1) is 18.3 Å². The lowest BCUT2D eigenvalue weighted by molar-refractivity contribution is -0.274. The topological polar surface area (TPSA) is 98.2 Å². The molecule has 0 saturated carbocycles. The minimum absolute atomic E-state index is 0.0324. The first kappa shape index (κ1) is 20.8. The highest BCUT2D eigenvalue weighted by molar-refractivity contribution is 7.99. The number of anilines is 1. The molecule has 0 radical (unpaired) electrons. The molecule has 0 fully saturated rings. The number of benzene rings is 1. The van der Waals surface area contributed by atoms with E-state index in [1.54, 1.807) is 7.11 Å². The molecule has 0 atom stereocenters. The van der Waals surface area contributed by atoms with Gasteiger partial charge in [-0.1, -0.05) is 11.8 Å². The van der Waals surface area contributed by atoms with E-state index in [1.807, 2.05) is 0 Å². The fourth-order valence-corrected chi connectivity index (χ4v) is 2.82. The van der Waals surface area contributed by atoms with E-state index in [9.17, 15) is 22.8 Å². The molecule has 2 rings (SSSR count). The van der Waals surface area contributed by atoms with Crippen molar-refractivity contribution in [3.05, 3.63) is 34.7 Å². The van der Waals surface area contributed by atoms with Gasteiger partial charge in [-0.2, -0.15) is 0 Å². The number of halogens is 3. The van der Waals surface area contributed by atoms with E-state index >= 15 is 0 Å². The van der Waals surface area contributed by atoms with Crippen molar-refractivity contribution in [2.45, 2.75) is 24.5 Å². The first-order valence-corrected chi connectivity index (χ1v) is 8.69. The average Bonchev–Trinajstić information content (AvgIpc) is 2.94. The van der Waals surface area contributed by atoms with Gasteiger partial charge in [-0.25, -0.2) is 9.89 Å². The second-order valence-corrected chi connectivity index (χ2v) is 6.16. The van der Waals surface area contributed by atoms with Gasteiger partial charge < -0.3 is 14.8 Å². The van der Waals surface area contributed by atoms with E-state index in [-0.39, 0.29) is 17.2 Å². The number of carbonyl (C=O) groups is 1. The summed E-state index contributed by atoms with van der Waals surface area (Å²) >= 11 is 1.06. The number of ether oxygens (including phenoxy) is 2. The first-order chi connectivity index (χ1) is 12.8. The Morgan fingerprint density at radius 2 is 2.04 bits per heavy atom. The normalized spacial score (nSPS) is 11.4. The molecular formula is C15H17F3N4O4S. The number of hydrogen-bond acceptors (Lipinski definition) is 6. The Morgan fingerprint density at radius 1 is 1.33 bits per heavy atom. The first-order valence-electron chi connectivity index (χ1n) is 7.71. The van der Waals surface area contributed by atoms with Gasteiger partial charge in [0.25, 0.3) is 0 Å². The van der Waals surface area contributed by atoms with Gasteiger partial charge in [0.05, 0.1) is 5.75 Å². The number of H-pyrrole nitrogens is 1. The Labute approximate surface area is 156 Å². The number of methoxy groups -OCH3 is 1. The van der Waals surface area contributed by atoms with Gasteiger partial charge in [0.1, 0.15) is 5.75 Å². The molecule has 27 heavy (non-hydrogen) atoms. The third-order valence-electron chi connectivity index (χ3n) is 3.16. The Hall–Kier alpha value is -2.47. The smallest absolute Gasteiger partial charge is 0.406 e. The van der Waals surface area contributed by atoms with Crippen LogP contribution in [0.15, 0.2) is 34.2 Å². The lowest BCUT2D eigenvalue weighted by Gasteiger charge is -2.10. The fraction of sp³-hybridized carbons (Fsp3) is 0.400. The summed E-state index contributed by atoms with van der Waals surface area (Å²) in [5.74, 6) is -0.815. The van der Waals surface area contributed by atoms with Gasteiger partial charge in [0, 0.05) is 25.9 Å². The summed E-state index contributed by atoms with van der Waals surface area (Å²) in [6.45, 7) is 0.879. The minimum Gasteiger partial charge on any atom is -0.406 e. The standard InChI is InChI=1S/C15H17F3N4O4S/c1-25-8-2-7-22-13(24)20-21-14(22)27-9-12(23)19-10-3-5-11(6-4-10)26-15(16,17)18/h3-6H,2,7-9H2,1H3,(H,19,23)(H,20,24). The molecule has 0 aliphatic carbocycles. The van der Waals surface area contributed by atoms with E-state index in [0.717, 1.165) is 23.9 Å². The number of amides is 1. The van der Waals surface area contributed by atoms with Crippen LogP contribution in [0.2, 0.25) is 0 Å². The highest BCUT2D eigenvalue weighted by Gasteiger charge is 2.30. The summed E-state index contributed by atoms with van der Waals surface area (Å²) in [7, 11) is 1.56. The molecule has 0 aliphatic heterocycles. The summed E-state index contributed by atoms with van der Waals surface area (Å²) in [5.41, 5.74) is -0.0658. The van der Waals surface area contributed by atoms with E-state index in [0.29, 0.717) is 30.4 Å². The number of alkyl halides is 3. The van der Waals surface area contributed by atoms with Crippen LogP contribution in [0.3, 0.4) is 0 Å². The maximum Gasteiger partial charge on any atom is 0.573 e. The minimum atomic E-state index is -4.77. The third kappa shape index (κ3) is 6.98. The second kappa shape index (κ2) is 9.46. The van der Waals surface area contributed by atoms with Crippen molar-refractivity contribution in [3.63, 3.8) is 0 Å². The van der Waals surface area contributed by atoms with Gasteiger partial charge in [0.15, 0.2) is 5.16 Å². The number of rotatable bonds is 9. The SMILES string of the molecule is COCCCn1c(SCC(=O)Nc2ccc(OC(F)(F)F)cc2)n[nH]c1=O. The quantitative estimate of drug-likeness (QED) is 0.490. The van der Waals surface area contributed by atoms with Gasteiger partial charge >= 0.3 is 12.1 Å². The number of nitrogens with one attached hydrogen (secondary N) is 2. The van der Waals surface area contributed by atoms with Crippen molar-refractivity contribution in [1.82, 2.24) is 14.8 Å². The molecule has 1 aromatic heterocycles. The Bertz CT molecular complexity index is 805. The number of aromatic nitrogens is 3. The van der Waals surface area contributed by atoms with E-state index in [4.69, 9.17) is 4.74 Å². The Balaban J connectivity index is 1.87. The maximum atomic E-state index is 12.1. The van der Waals surface area contributed by atoms with Crippen molar-refractivity contribution in [2.75, 3.05) is 24.8 Å². The lowest BCUT2D eigenvalue weighted by atomic mass is 10.3. The van der Waals surface area contributed by atoms with E-state index < -0.39 is 12.3 Å². The molecule has 1 amide bonds. The lowest BCUT2D eigenvalue weighted by Crippen LogP contribution is -2.19. The summed E-state index contributed by atoms with van der Waals surface area (Å²) in [6, 6.07) is 4.77. The summed E-state index contributed by atoms with van der Waals surface area (Å²) in [4.78, 5) is 23.7. The number of aromatic amines is 1. The zero-order valence-electron chi connectivity index (χ0n) is 14.2. The van der Waals surface area contributed by atoms with Crippen LogP contribution in [0.1, 0.15) is 6.42 Å². The van der Waals surface area contributed by atoms with Gasteiger partial charge in [-0.3, -0.25) is 9.36 Å². The van der Waals surface area contributed by atoms with Crippen molar-refractivity contribution in [1.29, 1.82) is 0 Å². The van der Waals surface area contributed by atoms with E-state index in [2.05, 4.69) is 20.3 Å². The molecule has 1 aromatic carbocycles. The van der Waals surface area contributed by atoms with Gasteiger partial charge in [-0.05, 0) is 30.7 Å². The summed E-state index contributed by atoms with van der Waals surface area (Å²) < 4.78 is 46.4. The molecule has 12 heteroatoms. The van der Waals surface area contributed by atoms with Gasteiger partial charge in [0.2, 0.25) is 5.91 Å². The highest BCUT2D eigenvalue weighted by atomic mass is 32.2. The average molecular weight is 406 g/mol. The zero-order chi connectivity index (χ0) is 19.9.